The van der Waals surface area contributed by atoms with Gasteiger partial charge in [0.25, 0.3) is 11.8 Å². The number of hydrogen-bond donors (Lipinski definition) is 2. The molecule has 2 N–H and O–H groups in total. The van der Waals surface area contributed by atoms with Crippen molar-refractivity contribution in [3.05, 3.63) is 64.2 Å². The number of nitrogens with one attached hydrogen (secondary N) is 2. The number of benzene rings is 2. The largest absolute Gasteiger partial charge is 0.340 e. The lowest BCUT2D eigenvalue weighted by atomic mass is 10.0. The molecule has 0 bridgehead atoms. The number of halogens is 1. The molecular weight excluding hydrogens is 414 g/mol. The molecule has 0 heterocycles. The van der Waals surface area contributed by atoms with Crippen LogP contribution in [0.1, 0.15) is 54.0 Å². The Hall–Kier alpha value is -2.86. The molecule has 6 nitrogen and oxygen atoms in total. The summed E-state index contributed by atoms with van der Waals surface area (Å²) in [6.07, 6.45) is 0. The third-order valence-corrected chi connectivity index (χ3v) is 5.35. The highest BCUT2D eigenvalue weighted by Gasteiger charge is 2.25. The standard InChI is InChI=1S/C24H30ClN3O3/c1-6-28(7-2)24(31)19-12-11-18(14-20(19)25)26-23(30)21(15(3)4)27-22(29)17-10-8-9-16(5)13-17/h8-15,21H,6-7H2,1-5H3,(H,26,30)(H,27,29). The zero-order chi connectivity index (χ0) is 23.1. The Morgan fingerprint density at radius 2 is 1.71 bits per heavy atom. The summed E-state index contributed by atoms with van der Waals surface area (Å²) < 4.78 is 0. The number of rotatable bonds is 8. The predicted molar refractivity (Wildman–Crippen MR) is 125 cm³/mol. The summed E-state index contributed by atoms with van der Waals surface area (Å²) in [5.41, 5.74) is 2.31. The van der Waals surface area contributed by atoms with E-state index in [2.05, 4.69) is 10.6 Å². The number of amides is 3. The third kappa shape index (κ3) is 6.31. The van der Waals surface area contributed by atoms with Crippen molar-refractivity contribution in [3.8, 4) is 0 Å². The minimum atomic E-state index is -0.733. The normalized spacial score (nSPS) is 11.7. The van der Waals surface area contributed by atoms with Crippen molar-refractivity contribution in [2.75, 3.05) is 18.4 Å². The van der Waals surface area contributed by atoms with Gasteiger partial charge >= 0.3 is 0 Å². The van der Waals surface area contributed by atoms with E-state index in [1.54, 1.807) is 41.3 Å². The molecule has 166 valence electrons. The van der Waals surface area contributed by atoms with Gasteiger partial charge in [-0.1, -0.05) is 43.1 Å². The molecule has 1 atom stereocenters. The molecule has 0 aromatic heterocycles. The Balaban J connectivity index is 2.14. The number of nitrogens with zero attached hydrogens (tertiary/aromatic N) is 1. The maximum atomic E-state index is 12.9. The zero-order valence-electron chi connectivity index (χ0n) is 18.7. The van der Waals surface area contributed by atoms with Gasteiger partial charge in [-0.25, -0.2) is 0 Å². The number of carbonyl (C=O) groups is 3. The minimum absolute atomic E-state index is 0.132. The topological polar surface area (TPSA) is 78.5 Å². The summed E-state index contributed by atoms with van der Waals surface area (Å²) in [5.74, 6) is -0.947. The fourth-order valence-electron chi connectivity index (χ4n) is 3.21. The molecule has 0 fully saturated rings. The Morgan fingerprint density at radius 3 is 2.26 bits per heavy atom. The van der Waals surface area contributed by atoms with Crippen LogP contribution in [0.3, 0.4) is 0 Å². The quantitative estimate of drug-likeness (QED) is 0.629. The number of hydrogen-bond acceptors (Lipinski definition) is 3. The lowest BCUT2D eigenvalue weighted by molar-refractivity contribution is -0.118. The first-order valence-corrected chi connectivity index (χ1v) is 10.8. The Morgan fingerprint density at radius 1 is 1.03 bits per heavy atom. The van der Waals surface area contributed by atoms with Crippen LogP contribution in [-0.2, 0) is 4.79 Å². The SMILES string of the molecule is CCN(CC)C(=O)c1ccc(NC(=O)C(NC(=O)c2cccc(C)c2)C(C)C)cc1Cl. The van der Waals surface area contributed by atoms with Crippen LogP contribution in [0.15, 0.2) is 42.5 Å². The van der Waals surface area contributed by atoms with Gasteiger partial charge in [0, 0.05) is 24.3 Å². The molecule has 2 aromatic carbocycles. The van der Waals surface area contributed by atoms with Gasteiger partial charge < -0.3 is 15.5 Å². The van der Waals surface area contributed by atoms with Gasteiger partial charge in [-0.05, 0) is 57.0 Å². The number of carbonyl (C=O) groups excluding carboxylic acids is 3. The first-order chi connectivity index (χ1) is 14.7. The van der Waals surface area contributed by atoms with Crippen molar-refractivity contribution < 1.29 is 14.4 Å². The highest BCUT2D eigenvalue weighted by molar-refractivity contribution is 6.34. The summed E-state index contributed by atoms with van der Waals surface area (Å²) in [7, 11) is 0. The molecule has 0 saturated heterocycles. The second-order valence-corrected chi connectivity index (χ2v) is 8.13. The van der Waals surface area contributed by atoms with Crippen LogP contribution < -0.4 is 10.6 Å². The summed E-state index contributed by atoms with van der Waals surface area (Å²) >= 11 is 6.32. The summed E-state index contributed by atoms with van der Waals surface area (Å²) in [6.45, 7) is 10.6. The van der Waals surface area contributed by atoms with Gasteiger partial charge in [0.2, 0.25) is 5.91 Å². The number of aryl methyl sites for hydroxylation is 1. The molecule has 31 heavy (non-hydrogen) atoms. The van der Waals surface area contributed by atoms with Crippen LogP contribution in [0.5, 0.6) is 0 Å². The van der Waals surface area contributed by atoms with Crippen LogP contribution in [0, 0.1) is 12.8 Å². The van der Waals surface area contributed by atoms with Crippen LogP contribution in [0.2, 0.25) is 5.02 Å². The molecule has 2 aromatic rings. The summed E-state index contributed by atoms with van der Waals surface area (Å²) in [4.78, 5) is 39.7. The van der Waals surface area contributed by atoms with Crippen LogP contribution in [0.25, 0.3) is 0 Å². The average molecular weight is 444 g/mol. The minimum Gasteiger partial charge on any atom is -0.340 e. The Kier molecular flexibility index (Phi) is 8.63. The van der Waals surface area contributed by atoms with Crippen LogP contribution in [-0.4, -0.2) is 41.8 Å². The van der Waals surface area contributed by atoms with Gasteiger partial charge in [-0.15, -0.1) is 0 Å². The van der Waals surface area contributed by atoms with Crippen molar-refractivity contribution in [2.24, 2.45) is 5.92 Å². The van der Waals surface area contributed by atoms with Gasteiger partial charge in [-0.2, -0.15) is 0 Å². The highest BCUT2D eigenvalue weighted by atomic mass is 35.5. The van der Waals surface area contributed by atoms with E-state index in [1.807, 2.05) is 40.7 Å². The second-order valence-electron chi connectivity index (χ2n) is 7.73. The van der Waals surface area contributed by atoms with Crippen molar-refractivity contribution in [1.82, 2.24) is 10.2 Å². The highest BCUT2D eigenvalue weighted by Crippen LogP contribution is 2.23. The number of anilines is 1. The fraction of sp³-hybridized carbons (Fsp3) is 0.375. The smallest absolute Gasteiger partial charge is 0.255 e. The van der Waals surface area contributed by atoms with Gasteiger partial charge in [-0.3, -0.25) is 14.4 Å². The molecule has 3 amide bonds. The van der Waals surface area contributed by atoms with Gasteiger partial charge in [0.05, 0.1) is 10.6 Å². The maximum Gasteiger partial charge on any atom is 0.255 e. The Labute approximate surface area is 189 Å². The lowest BCUT2D eigenvalue weighted by Crippen LogP contribution is -2.47. The van der Waals surface area contributed by atoms with E-state index in [4.69, 9.17) is 11.6 Å². The van der Waals surface area contributed by atoms with Crippen molar-refractivity contribution >= 4 is 35.0 Å². The molecule has 2 rings (SSSR count). The van der Waals surface area contributed by atoms with E-state index >= 15 is 0 Å². The monoisotopic (exact) mass is 443 g/mol. The molecule has 0 radical (unpaired) electrons. The van der Waals surface area contributed by atoms with Crippen molar-refractivity contribution in [2.45, 2.75) is 40.7 Å². The molecular formula is C24H30ClN3O3. The molecule has 0 aliphatic carbocycles. The Bertz CT molecular complexity index is 955. The molecule has 0 aliphatic heterocycles. The first-order valence-electron chi connectivity index (χ1n) is 10.4. The molecule has 0 spiro atoms. The first kappa shape index (κ1) is 24.4. The van der Waals surface area contributed by atoms with E-state index < -0.39 is 6.04 Å². The molecule has 0 aliphatic rings. The van der Waals surface area contributed by atoms with E-state index in [-0.39, 0.29) is 28.7 Å². The second kappa shape index (κ2) is 11.0. The predicted octanol–water partition coefficient (Wildman–Crippen LogP) is 4.52. The van der Waals surface area contributed by atoms with Crippen molar-refractivity contribution in [1.29, 1.82) is 0 Å². The average Bonchev–Trinajstić information content (AvgIpc) is 2.72. The summed E-state index contributed by atoms with van der Waals surface area (Å²) in [5, 5.41) is 5.87. The van der Waals surface area contributed by atoms with Crippen LogP contribution >= 0.6 is 11.6 Å². The van der Waals surface area contributed by atoms with Gasteiger partial charge in [0.1, 0.15) is 6.04 Å². The maximum absolute atomic E-state index is 12.9. The molecule has 0 saturated carbocycles. The molecule has 1 unspecified atom stereocenters. The van der Waals surface area contributed by atoms with E-state index in [0.717, 1.165) is 5.56 Å². The van der Waals surface area contributed by atoms with Gasteiger partial charge in [0.15, 0.2) is 0 Å². The lowest BCUT2D eigenvalue weighted by Gasteiger charge is -2.22. The fourth-order valence-corrected chi connectivity index (χ4v) is 3.47. The third-order valence-electron chi connectivity index (χ3n) is 5.03. The van der Waals surface area contributed by atoms with E-state index in [1.165, 1.54) is 0 Å². The van der Waals surface area contributed by atoms with E-state index in [9.17, 15) is 14.4 Å². The van der Waals surface area contributed by atoms with E-state index in [0.29, 0.717) is 29.9 Å². The summed E-state index contributed by atoms with van der Waals surface area (Å²) in [6, 6.07) is 11.3. The van der Waals surface area contributed by atoms with Crippen molar-refractivity contribution in [3.63, 3.8) is 0 Å². The molecule has 7 heteroatoms. The van der Waals surface area contributed by atoms with Crippen LogP contribution in [0.4, 0.5) is 5.69 Å². The zero-order valence-corrected chi connectivity index (χ0v) is 19.4.